The number of hydrogen-bond acceptors (Lipinski definition) is 9. The Morgan fingerprint density at radius 2 is 0.675 bits per heavy atom. The third-order valence-corrected chi connectivity index (χ3v) is 5.56. The molecule has 0 fully saturated rings. The number of nitrogens with zero attached hydrogens (tertiary/aromatic N) is 3. The summed E-state index contributed by atoms with van der Waals surface area (Å²) >= 11 is 0. The first-order valence-electron chi connectivity index (χ1n) is 11.5. The van der Waals surface area contributed by atoms with Gasteiger partial charge in [0.05, 0.1) is 34.5 Å². The third kappa shape index (κ3) is 6.87. The van der Waals surface area contributed by atoms with Crippen molar-refractivity contribution in [2.45, 2.75) is 0 Å². The second kappa shape index (κ2) is 13.6. The van der Waals surface area contributed by atoms with Gasteiger partial charge in [0.2, 0.25) is 0 Å². The molecule has 0 unspecified atom stereocenters. The maximum atomic E-state index is 10.7. The van der Waals surface area contributed by atoms with E-state index in [0.29, 0.717) is 16.6 Å². The number of aromatic nitrogens is 3. The van der Waals surface area contributed by atoms with Crippen LogP contribution in [0.25, 0.3) is 32.7 Å². The zero-order valence-electron chi connectivity index (χ0n) is 20.8. The van der Waals surface area contributed by atoms with Gasteiger partial charge in [-0.3, -0.25) is 15.0 Å². The molecule has 6 rings (SSSR count). The van der Waals surface area contributed by atoms with E-state index in [1.807, 2.05) is 36.4 Å². The average Bonchev–Trinajstić information content (AvgIpc) is 2.96. The number of aromatic carboxylic acids is 3. The molecule has 0 aliphatic heterocycles. The molecule has 40 heavy (non-hydrogen) atoms. The molecule has 0 atom stereocenters. The summed E-state index contributed by atoms with van der Waals surface area (Å²) in [7, 11) is 0. The van der Waals surface area contributed by atoms with Gasteiger partial charge in [0.1, 0.15) is 0 Å². The van der Waals surface area contributed by atoms with E-state index in [-0.39, 0.29) is 36.5 Å². The topological polar surface area (TPSA) is 159 Å². The fourth-order valence-electron chi connectivity index (χ4n) is 3.81. The molecule has 0 aliphatic rings. The third-order valence-electron chi connectivity index (χ3n) is 5.56. The van der Waals surface area contributed by atoms with Gasteiger partial charge in [-0.1, -0.05) is 72.8 Å². The molecular weight excluding hydrogens is 568 g/mol. The van der Waals surface area contributed by atoms with Crippen LogP contribution < -0.4 is 15.3 Å². The molecule has 0 amide bonds. The minimum absolute atomic E-state index is 0. The Labute approximate surface area is 240 Å². The number of carbonyl (C=O) groups excluding carboxylic acids is 3. The summed E-state index contributed by atoms with van der Waals surface area (Å²) in [5.41, 5.74) is 1.84. The van der Waals surface area contributed by atoms with Gasteiger partial charge in [0, 0.05) is 51.4 Å². The van der Waals surface area contributed by atoms with Crippen molar-refractivity contribution < 1.29 is 29.7 Å². The van der Waals surface area contributed by atoms with E-state index in [9.17, 15) is 29.7 Å². The summed E-state index contributed by atoms with van der Waals surface area (Å²) in [5, 5.41) is 34.4. The number of para-hydroxylation sites is 3. The molecule has 0 bridgehead atoms. The average molecular weight is 586 g/mol. The Kier molecular flexibility index (Phi) is 10.1. The monoisotopic (exact) mass is 585 g/mol. The van der Waals surface area contributed by atoms with Crippen LogP contribution in [0.5, 0.6) is 0 Å². The minimum atomic E-state index is -1.19. The fourth-order valence-corrected chi connectivity index (χ4v) is 3.81. The van der Waals surface area contributed by atoms with Crippen LogP contribution in [0.4, 0.5) is 0 Å². The first kappa shape index (κ1) is 29.5. The molecule has 3 aromatic heterocycles. The van der Waals surface area contributed by atoms with Crippen LogP contribution in [-0.4, -0.2) is 52.7 Å². The number of rotatable bonds is 3. The van der Waals surface area contributed by atoms with Gasteiger partial charge in [-0.25, -0.2) is 0 Å². The van der Waals surface area contributed by atoms with Crippen LogP contribution in [0.3, 0.4) is 0 Å². The first-order valence-corrected chi connectivity index (χ1v) is 11.5. The number of carboxylic acids is 3. The molecule has 9 nitrogen and oxygen atoms in total. The smallest absolute Gasteiger partial charge is 0.545 e. The van der Waals surface area contributed by atoms with Crippen molar-refractivity contribution in [2.75, 3.05) is 0 Å². The van der Waals surface area contributed by atoms with Gasteiger partial charge in [0.15, 0.2) is 0 Å². The summed E-state index contributed by atoms with van der Waals surface area (Å²) in [6, 6.07) is 25.7. The molecule has 6 aromatic rings. The molecule has 0 aliphatic carbocycles. The Morgan fingerprint density at radius 1 is 0.425 bits per heavy atom. The van der Waals surface area contributed by atoms with E-state index >= 15 is 0 Å². The van der Waals surface area contributed by atoms with Crippen LogP contribution in [0.1, 0.15) is 31.1 Å². The maximum Gasteiger partial charge on any atom is 3.00 e. The number of fused-ring (bicyclic) bond motifs is 3. The number of hydrogen-bond donors (Lipinski definition) is 0. The standard InChI is InChI=1S/3C10H7NO2.Ga/c3*12-10(13)8-5-1-3-7-4-2-6-11-9(7)8;/h3*1-6H,(H,12,13);/q;;;+3/p-3. The van der Waals surface area contributed by atoms with Crippen molar-refractivity contribution in [1.29, 1.82) is 0 Å². The zero-order valence-corrected chi connectivity index (χ0v) is 23.2. The van der Waals surface area contributed by atoms with E-state index in [4.69, 9.17) is 0 Å². The molecule has 3 heterocycles. The van der Waals surface area contributed by atoms with Crippen molar-refractivity contribution in [3.05, 3.63) is 126 Å². The van der Waals surface area contributed by atoms with Crippen LogP contribution in [0.2, 0.25) is 0 Å². The second-order valence-corrected chi connectivity index (χ2v) is 8.00. The fraction of sp³-hybridized carbons (Fsp3) is 0. The number of carboxylic acid groups (broad SMARTS) is 3. The number of benzene rings is 3. The second-order valence-electron chi connectivity index (χ2n) is 8.00. The van der Waals surface area contributed by atoms with E-state index < -0.39 is 17.9 Å². The first-order chi connectivity index (χ1) is 18.9. The SMILES string of the molecule is O=C([O-])c1cccc2cccnc12.O=C([O-])c1cccc2cccnc12.O=C([O-])c1cccc2cccnc12.[Ga+3]. The van der Waals surface area contributed by atoms with Gasteiger partial charge < -0.3 is 29.7 Å². The normalized spacial score (nSPS) is 9.90. The molecule has 10 heteroatoms. The summed E-state index contributed by atoms with van der Waals surface area (Å²) in [5.74, 6) is -3.57. The summed E-state index contributed by atoms with van der Waals surface area (Å²) < 4.78 is 0. The van der Waals surface area contributed by atoms with Crippen molar-refractivity contribution in [2.24, 2.45) is 0 Å². The number of pyridine rings is 3. The van der Waals surface area contributed by atoms with E-state index in [2.05, 4.69) is 15.0 Å². The van der Waals surface area contributed by atoms with Gasteiger partial charge in [-0.2, -0.15) is 0 Å². The molecule has 0 radical (unpaired) electrons. The molecule has 0 spiro atoms. The van der Waals surface area contributed by atoms with Gasteiger partial charge in [0.25, 0.3) is 0 Å². The quantitative estimate of drug-likeness (QED) is 0.280. The van der Waals surface area contributed by atoms with Gasteiger partial charge in [-0.05, 0) is 18.2 Å². The van der Waals surface area contributed by atoms with E-state index in [1.54, 1.807) is 55.0 Å². The predicted molar refractivity (Wildman–Crippen MR) is 144 cm³/mol. The molecule has 3 aromatic carbocycles. The van der Waals surface area contributed by atoms with Gasteiger partial charge in [-0.15, -0.1) is 0 Å². The van der Waals surface area contributed by atoms with E-state index in [0.717, 1.165) is 16.2 Å². The molecule has 192 valence electrons. The van der Waals surface area contributed by atoms with Crippen LogP contribution in [0, 0.1) is 0 Å². The van der Waals surface area contributed by atoms with Crippen LogP contribution >= 0.6 is 0 Å². The zero-order chi connectivity index (χ0) is 27.8. The molecular formula is C30H18GaN3O6. The molecule has 0 N–H and O–H groups in total. The summed E-state index contributed by atoms with van der Waals surface area (Å²) in [6.45, 7) is 0. The Bertz CT molecular complexity index is 1600. The van der Waals surface area contributed by atoms with Crippen molar-refractivity contribution in [3.8, 4) is 0 Å². The van der Waals surface area contributed by atoms with E-state index in [1.165, 1.54) is 18.2 Å². The minimum Gasteiger partial charge on any atom is -0.545 e. The van der Waals surface area contributed by atoms with Crippen molar-refractivity contribution in [1.82, 2.24) is 15.0 Å². The maximum absolute atomic E-state index is 10.7. The molecule has 0 saturated carbocycles. The van der Waals surface area contributed by atoms with Gasteiger partial charge >= 0.3 is 19.8 Å². The van der Waals surface area contributed by atoms with Crippen molar-refractivity contribution >= 4 is 70.4 Å². The predicted octanol–water partition coefficient (Wildman–Crippen LogP) is 1.41. The summed E-state index contributed by atoms with van der Waals surface area (Å²) in [6.07, 6.45) is 4.69. The van der Waals surface area contributed by atoms with Crippen molar-refractivity contribution in [3.63, 3.8) is 0 Å². The largest absolute Gasteiger partial charge is 3.00 e. The van der Waals surface area contributed by atoms with Crippen LogP contribution in [-0.2, 0) is 0 Å². The molecule has 0 saturated heterocycles. The number of carbonyl (C=O) groups is 3. The Morgan fingerprint density at radius 3 is 0.925 bits per heavy atom. The Balaban J connectivity index is 0.000000163. The Hall–Kier alpha value is -5.06. The van der Waals surface area contributed by atoms with Crippen LogP contribution in [0.15, 0.2) is 110 Å². The summed E-state index contributed by atoms with van der Waals surface area (Å²) in [4.78, 5) is 43.9.